The van der Waals surface area contributed by atoms with Crippen molar-refractivity contribution in [3.63, 3.8) is 0 Å². The number of benzene rings is 2. The third-order valence-electron chi connectivity index (χ3n) is 3.14. The molecule has 0 atom stereocenters. The van der Waals surface area contributed by atoms with E-state index in [1.54, 1.807) is 0 Å². The highest BCUT2D eigenvalue weighted by Crippen LogP contribution is 2.18. The lowest BCUT2D eigenvalue weighted by Gasteiger charge is -2.23. The lowest BCUT2D eigenvalue weighted by atomic mass is 10.1. The first-order chi connectivity index (χ1) is 9.19. The van der Waals surface area contributed by atoms with E-state index < -0.39 is 0 Å². The molecule has 0 aliphatic rings. The van der Waals surface area contributed by atoms with E-state index in [1.807, 2.05) is 0 Å². The Hall–Kier alpha value is -2.20. The van der Waals surface area contributed by atoms with E-state index in [2.05, 4.69) is 73.2 Å². The average molecular weight is 249 g/mol. The van der Waals surface area contributed by atoms with Gasteiger partial charge in [0.1, 0.15) is 0 Å². The summed E-state index contributed by atoms with van der Waals surface area (Å²) in [7, 11) is 0. The van der Waals surface area contributed by atoms with Crippen molar-refractivity contribution in [2.75, 3.05) is 11.4 Å². The second-order valence-electron chi connectivity index (χ2n) is 4.88. The van der Waals surface area contributed by atoms with E-state index in [0.29, 0.717) is 6.54 Å². The molecule has 0 aliphatic carbocycles. The highest BCUT2D eigenvalue weighted by atomic mass is 15.1. The molecule has 0 N–H and O–H groups in total. The Bertz CT molecular complexity index is 575. The quantitative estimate of drug-likeness (QED) is 0.742. The number of hydrogen-bond acceptors (Lipinski definition) is 1. The fourth-order valence-electron chi connectivity index (χ4n) is 2.14. The zero-order valence-corrected chi connectivity index (χ0v) is 11.6. The Morgan fingerprint density at radius 1 is 1.00 bits per heavy atom. The second kappa shape index (κ2) is 6.11. The maximum Gasteiger partial charge on any atom is 0.0795 e. The minimum absolute atomic E-state index is 0.622. The lowest BCUT2D eigenvalue weighted by molar-refractivity contribution is 0.876. The van der Waals surface area contributed by atoms with Crippen LogP contribution in [0.5, 0.6) is 0 Å². The molecule has 2 aromatic rings. The van der Waals surface area contributed by atoms with Gasteiger partial charge in [-0.05, 0) is 31.5 Å². The second-order valence-corrected chi connectivity index (χ2v) is 4.88. The molecular formula is C18H19N. The Morgan fingerprint density at radius 3 is 2.37 bits per heavy atom. The molecule has 0 spiro atoms. The van der Waals surface area contributed by atoms with E-state index in [0.717, 1.165) is 6.54 Å². The van der Waals surface area contributed by atoms with Crippen molar-refractivity contribution in [2.24, 2.45) is 0 Å². The van der Waals surface area contributed by atoms with Gasteiger partial charge in [-0.15, -0.1) is 6.42 Å². The molecule has 0 saturated heterocycles. The largest absolute Gasteiger partial charge is 0.356 e. The summed E-state index contributed by atoms with van der Waals surface area (Å²) in [6, 6.07) is 17.0. The van der Waals surface area contributed by atoms with Crippen LogP contribution < -0.4 is 4.90 Å². The summed E-state index contributed by atoms with van der Waals surface area (Å²) in [6.45, 7) is 5.67. The lowest BCUT2D eigenvalue weighted by Crippen LogP contribution is -2.22. The van der Waals surface area contributed by atoms with Crippen molar-refractivity contribution in [1.29, 1.82) is 0 Å². The molecule has 96 valence electrons. The van der Waals surface area contributed by atoms with Gasteiger partial charge in [0.2, 0.25) is 0 Å². The molecule has 2 rings (SSSR count). The van der Waals surface area contributed by atoms with Crippen LogP contribution >= 0.6 is 0 Å². The minimum atomic E-state index is 0.622. The highest BCUT2D eigenvalue weighted by molar-refractivity contribution is 5.49. The Balaban J connectivity index is 2.21. The predicted octanol–water partition coefficient (Wildman–Crippen LogP) is 3.94. The number of terminal acetylenes is 1. The summed E-state index contributed by atoms with van der Waals surface area (Å²) in [5.74, 6) is 2.74. The molecule has 0 bridgehead atoms. The average Bonchev–Trinajstić information content (AvgIpc) is 2.39. The summed E-state index contributed by atoms with van der Waals surface area (Å²) in [6.07, 6.45) is 5.49. The van der Waals surface area contributed by atoms with E-state index in [4.69, 9.17) is 6.42 Å². The molecular weight excluding hydrogens is 230 g/mol. The predicted molar refractivity (Wildman–Crippen MR) is 82.2 cm³/mol. The molecule has 1 heteroatoms. The minimum Gasteiger partial charge on any atom is -0.356 e. The van der Waals surface area contributed by atoms with E-state index >= 15 is 0 Å². The first kappa shape index (κ1) is 13.2. The first-order valence-electron chi connectivity index (χ1n) is 6.49. The van der Waals surface area contributed by atoms with Gasteiger partial charge in [0.25, 0.3) is 0 Å². The number of nitrogens with zero attached hydrogens (tertiary/aromatic N) is 1. The maximum atomic E-state index is 5.49. The molecule has 0 fully saturated rings. The van der Waals surface area contributed by atoms with Gasteiger partial charge < -0.3 is 4.90 Å². The normalized spacial score (nSPS) is 9.95. The van der Waals surface area contributed by atoms with Gasteiger partial charge in [0.15, 0.2) is 0 Å². The van der Waals surface area contributed by atoms with Crippen molar-refractivity contribution < 1.29 is 0 Å². The van der Waals surface area contributed by atoms with Crippen molar-refractivity contribution in [2.45, 2.75) is 20.4 Å². The van der Waals surface area contributed by atoms with Crippen LogP contribution in [0.25, 0.3) is 0 Å². The van der Waals surface area contributed by atoms with Gasteiger partial charge in [-0.2, -0.15) is 0 Å². The smallest absolute Gasteiger partial charge is 0.0795 e. The van der Waals surface area contributed by atoms with Gasteiger partial charge in [-0.25, -0.2) is 0 Å². The first-order valence-corrected chi connectivity index (χ1v) is 6.49. The zero-order valence-electron chi connectivity index (χ0n) is 11.6. The summed E-state index contributed by atoms with van der Waals surface area (Å²) in [5, 5.41) is 0. The van der Waals surface area contributed by atoms with Crippen LogP contribution in [0, 0.1) is 26.2 Å². The van der Waals surface area contributed by atoms with Gasteiger partial charge in [0.05, 0.1) is 6.54 Å². The van der Waals surface area contributed by atoms with E-state index in [-0.39, 0.29) is 0 Å². The number of aryl methyl sites for hydroxylation is 2. The summed E-state index contributed by atoms with van der Waals surface area (Å²) >= 11 is 0. The van der Waals surface area contributed by atoms with Gasteiger partial charge >= 0.3 is 0 Å². The molecule has 0 saturated carbocycles. The molecule has 0 aromatic heterocycles. The van der Waals surface area contributed by atoms with Crippen LogP contribution in [0.4, 0.5) is 5.69 Å². The molecule has 19 heavy (non-hydrogen) atoms. The molecule has 0 heterocycles. The Morgan fingerprint density at radius 2 is 1.74 bits per heavy atom. The summed E-state index contributed by atoms with van der Waals surface area (Å²) in [5.41, 5.74) is 5.00. The zero-order chi connectivity index (χ0) is 13.7. The van der Waals surface area contributed by atoms with Crippen molar-refractivity contribution in [3.8, 4) is 12.3 Å². The SMILES string of the molecule is C#CCN(Cc1cccc(C)c1)c1ccc(C)cc1. The van der Waals surface area contributed by atoms with Crippen LogP contribution in [0.1, 0.15) is 16.7 Å². The van der Waals surface area contributed by atoms with Crippen LogP contribution in [0.15, 0.2) is 48.5 Å². The van der Waals surface area contributed by atoms with Crippen LogP contribution in [0.3, 0.4) is 0 Å². The highest BCUT2D eigenvalue weighted by Gasteiger charge is 2.06. The summed E-state index contributed by atoms with van der Waals surface area (Å²) < 4.78 is 0. The fourth-order valence-corrected chi connectivity index (χ4v) is 2.14. The number of anilines is 1. The fraction of sp³-hybridized carbons (Fsp3) is 0.222. The third-order valence-corrected chi connectivity index (χ3v) is 3.14. The van der Waals surface area contributed by atoms with Gasteiger partial charge in [-0.3, -0.25) is 0 Å². The van der Waals surface area contributed by atoms with Crippen molar-refractivity contribution >= 4 is 5.69 Å². The Labute approximate surface area is 115 Å². The third kappa shape index (κ3) is 3.63. The molecule has 0 unspecified atom stereocenters. The van der Waals surface area contributed by atoms with Crippen molar-refractivity contribution in [1.82, 2.24) is 0 Å². The maximum absolute atomic E-state index is 5.49. The molecule has 0 aliphatic heterocycles. The molecule has 0 radical (unpaired) electrons. The van der Waals surface area contributed by atoms with Crippen LogP contribution in [-0.2, 0) is 6.54 Å². The molecule has 1 nitrogen and oxygen atoms in total. The van der Waals surface area contributed by atoms with Crippen LogP contribution in [0.2, 0.25) is 0 Å². The Kier molecular flexibility index (Phi) is 4.26. The van der Waals surface area contributed by atoms with Gasteiger partial charge in [-0.1, -0.05) is 53.4 Å². The van der Waals surface area contributed by atoms with Crippen molar-refractivity contribution in [3.05, 3.63) is 65.2 Å². The van der Waals surface area contributed by atoms with E-state index in [1.165, 1.54) is 22.4 Å². The van der Waals surface area contributed by atoms with Crippen LogP contribution in [-0.4, -0.2) is 6.54 Å². The standard InChI is InChI=1S/C18H19N/c1-4-12-19(18-10-8-15(2)9-11-18)14-17-7-5-6-16(3)13-17/h1,5-11,13H,12,14H2,2-3H3. The van der Waals surface area contributed by atoms with E-state index in [9.17, 15) is 0 Å². The number of rotatable bonds is 4. The van der Waals surface area contributed by atoms with Gasteiger partial charge in [0, 0.05) is 12.2 Å². The topological polar surface area (TPSA) is 3.24 Å². The monoisotopic (exact) mass is 249 g/mol. The summed E-state index contributed by atoms with van der Waals surface area (Å²) in [4.78, 5) is 2.22. The molecule has 0 amide bonds. The number of hydrogen-bond donors (Lipinski definition) is 0. The molecule has 2 aromatic carbocycles.